The molecular formula is C19H31N5O4S. The lowest BCUT2D eigenvalue weighted by Crippen LogP contribution is -2.43. The lowest BCUT2D eigenvalue weighted by molar-refractivity contribution is -0.118. The highest BCUT2D eigenvalue weighted by atomic mass is 32.2. The SMILES string of the molecule is CCCCn1c(N)c(N(CCC(C)C)C(=O)CCN2CCSC2=O)c(=O)[nH]c1=O. The molecule has 2 heterocycles. The summed E-state index contributed by atoms with van der Waals surface area (Å²) in [6, 6.07) is 0. The Balaban J connectivity index is 2.33. The Kier molecular flexibility index (Phi) is 8.36. The van der Waals surface area contributed by atoms with Crippen LogP contribution in [-0.2, 0) is 11.3 Å². The Morgan fingerprint density at radius 2 is 2.00 bits per heavy atom. The molecule has 2 rings (SSSR count). The molecule has 1 saturated heterocycles. The molecule has 0 aromatic carbocycles. The zero-order valence-corrected chi connectivity index (χ0v) is 18.2. The van der Waals surface area contributed by atoms with Crippen LogP contribution in [0, 0.1) is 5.92 Å². The number of nitrogens with two attached hydrogens (primary N) is 1. The molecule has 9 nitrogen and oxygen atoms in total. The van der Waals surface area contributed by atoms with Gasteiger partial charge < -0.3 is 15.5 Å². The Labute approximate surface area is 174 Å². The monoisotopic (exact) mass is 425 g/mol. The second-order valence-electron chi connectivity index (χ2n) is 7.58. The molecule has 0 radical (unpaired) electrons. The van der Waals surface area contributed by atoms with Gasteiger partial charge in [-0.15, -0.1) is 0 Å². The predicted octanol–water partition coefficient (Wildman–Crippen LogP) is 1.86. The number of nitrogens with one attached hydrogen (secondary N) is 1. The zero-order valence-electron chi connectivity index (χ0n) is 17.4. The Hall–Kier alpha value is -2.23. The van der Waals surface area contributed by atoms with Crippen LogP contribution < -0.4 is 21.9 Å². The lowest BCUT2D eigenvalue weighted by atomic mass is 10.1. The van der Waals surface area contributed by atoms with E-state index in [9.17, 15) is 19.2 Å². The van der Waals surface area contributed by atoms with Gasteiger partial charge in [-0.25, -0.2) is 4.79 Å². The van der Waals surface area contributed by atoms with Crippen LogP contribution in [0.15, 0.2) is 9.59 Å². The Morgan fingerprint density at radius 1 is 1.28 bits per heavy atom. The van der Waals surface area contributed by atoms with Gasteiger partial charge in [0.1, 0.15) is 5.82 Å². The standard InChI is InChI=1S/C19H31N5O4S/c1-4-5-8-24-16(20)15(17(26)21-18(24)27)23(10-6-13(2)3)14(25)7-9-22-11-12-29-19(22)28/h13H,4-12,20H2,1-3H3,(H,21,26,27). The fraction of sp³-hybridized carbons (Fsp3) is 0.684. The maximum atomic E-state index is 13.0. The number of carbonyl (C=O) groups is 2. The van der Waals surface area contributed by atoms with E-state index < -0.39 is 11.2 Å². The molecule has 3 N–H and O–H groups in total. The van der Waals surface area contributed by atoms with Gasteiger partial charge in [0, 0.05) is 38.4 Å². The first-order chi connectivity index (χ1) is 13.8. The van der Waals surface area contributed by atoms with Crippen molar-refractivity contribution in [3.05, 3.63) is 20.8 Å². The number of hydrogen-bond donors (Lipinski definition) is 2. The second kappa shape index (κ2) is 10.5. The van der Waals surface area contributed by atoms with Crippen LogP contribution in [0.5, 0.6) is 0 Å². The summed E-state index contributed by atoms with van der Waals surface area (Å²) in [5.74, 6) is 0.762. The molecular weight excluding hydrogens is 394 g/mol. The molecule has 0 bridgehead atoms. The van der Waals surface area contributed by atoms with E-state index in [-0.39, 0.29) is 29.1 Å². The fourth-order valence-corrected chi connectivity index (χ4v) is 3.97. The summed E-state index contributed by atoms with van der Waals surface area (Å²) in [7, 11) is 0. The summed E-state index contributed by atoms with van der Waals surface area (Å²) in [6.07, 6.45) is 2.36. The van der Waals surface area contributed by atoms with Crippen molar-refractivity contribution in [3.63, 3.8) is 0 Å². The molecule has 1 aromatic heterocycles. The van der Waals surface area contributed by atoms with E-state index in [1.54, 1.807) is 4.90 Å². The largest absolute Gasteiger partial charge is 0.383 e. The topological polar surface area (TPSA) is 121 Å². The maximum Gasteiger partial charge on any atom is 0.330 e. The van der Waals surface area contributed by atoms with Crippen molar-refractivity contribution in [2.24, 2.45) is 5.92 Å². The van der Waals surface area contributed by atoms with E-state index in [0.717, 1.165) is 18.6 Å². The molecule has 29 heavy (non-hydrogen) atoms. The summed E-state index contributed by atoms with van der Waals surface area (Å²) in [6.45, 7) is 7.65. The third-order valence-corrected chi connectivity index (χ3v) is 5.78. The normalized spacial score (nSPS) is 14.1. The first kappa shape index (κ1) is 23.1. The fourth-order valence-electron chi connectivity index (χ4n) is 3.12. The quantitative estimate of drug-likeness (QED) is 0.590. The van der Waals surface area contributed by atoms with Gasteiger partial charge in [0.2, 0.25) is 5.91 Å². The van der Waals surface area contributed by atoms with Crippen LogP contribution in [0.3, 0.4) is 0 Å². The van der Waals surface area contributed by atoms with Crippen molar-refractivity contribution in [2.75, 3.05) is 36.0 Å². The van der Waals surface area contributed by atoms with Crippen molar-refractivity contribution in [2.45, 2.75) is 53.0 Å². The smallest absolute Gasteiger partial charge is 0.330 e. The van der Waals surface area contributed by atoms with Crippen LogP contribution in [0.4, 0.5) is 16.3 Å². The molecule has 0 aliphatic carbocycles. The summed E-state index contributed by atoms with van der Waals surface area (Å²) in [4.78, 5) is 54.9. The molecule has 1 aromatic rings. The third-order valence-electron chi connectivity index (χ3n) is 4.89. The summed E-state index contributed by atoms with van der Waals surface area (Å²) < 4.78 is 1.32. The molecule has 1 aliphatic rings. The van der Waals surface area contributed by atoms with E-state index >= 15 is 0 Å². The highest BCUT2D eigenvalue weighted by molar-refractivity contribution is 8.13. The highest BCUT2D eigenvalue weighted by Gasteiger charge is 2.26. The number of H-pyrrole nitrogens is 1. The van der Waals surface area contributed by atoms with Crippen molar-refractivity contribution in [3.8, 4) is 0 Å². The van der Waals surface area contributed by atoms with Crippen LogP contribution in [0.1, 0.15) is 46.5 Å². The number of carbonyl (C=O) groups excluding carboxylic acids is 2. The van der Waals surface area contributed by atoms with Gasteiger partial charge in [0.15, 0.2) is 5.69 Å². The number of hydrogen-bond acceptors (Lipinski definition) is 6. The van der Waals surface area contributed by atoms with Crippen LogP contribution in [0.2, 0.25) is 0 Å². The minimum Gasteiger partial charge on any atom is -0.383 e. The minimum absolute atomic E-state index is 0.0112. The van der Waals surface area contributed by atoms with Gasteiger partial charge >= 0.3 is 5.69 Å². The zero-order chi connectivity index (χ0) is 21.6. The molecule has 0 unspecified atom stereocenters. The van der Waals surface area contributed by atoms with Crippen molar-refractivity contribution in [1.29, 1.82) is 0 Å². The van der Waals surface area contributed by atoms with Crippen molar-refractivity contribution >= 4 is 34.4 Å². The number of amides is 2. The third kappa shape index (κ3) is 5.88. The highest BCUT2D eigenvalue weighted by Crippen LogP contribution is 2.21. The molecule has 0 spiro atoms. The molecule has 1 aliphatic heterocycles. The Morgan fingerprint density at radius 3 is 2.59 bits per heavy atom. The number of nitrogen functional groups attached to an aromatic ring is 1. The molecule has 162 valence electrons. The summed E-state index contributed by atoms with van der Waals surface area (Å²) >= 11 is 1.24. The number of nitrogens with zero attached hydrogens (tertiary/aromatic N) is 3. The molecule has 0 atom stereocenters. The van der Waals surface area contributed by atoms with Crippen molar-refractivity contribution < 1.29 is 9.59 Å². The Bertz CT molecular complexity index is 848. The van der Waals surface area contributed by atoms with Gasteiger partial charge in [-0.05, 0) is 18.8 Å². The van der Waals surface area contributed by atoms with E-state index in [1.165, 1.54) is 21.2 Å². The molecule has 0 saturated carbocycles. The lowest BCUT2D eigenvalue weighted by Gasteiger charge is -2.26. The van der Waals surface area contributed by atoms with Crippen LogP contribution in [-0.4, -0.2) is 51.0 Å². The van der Waals surface area contributed by atoms with Crippen molar-refractivity contribution in [1.82, 2.24) is 14.5 Å². The molecule has 2 amide bonds. The first-order valence-corrected chi connectivity index (χ1v) is 11.1. The average Bonchev–Trinajstić information content (AvgIpc) is 3.06. The predicted molar refractivity (Wildman–Crippen MR) is 116 cm³/mol. The molecule has 1 fully saturated rings. The van der Waals surface area contributed by atoms with Crippen LogP contribution in [0.25, 0.3) is 0 Å². The van der Waals surface area contributed by atoms with Gasteiger partial charge in [0.05, 0.1) is 0 Å². The van der Waals surface area contributed by atoms with E-state index in [2.05, 4.69) is 4.98 Å². The number of aromatic nitrogens is 2. The number of rotatable bonds is 10. The average molecular weight is 426 g/mol. The van der Waals surface area contributed by atoms with Gasteiger partial charge in [0.25, 0.3) is 10.8 Å². The number of thioether (sulfide) groups is 1. The first-order valence-electron chi connectivity index (χ1n) is 10.1. The van der Waals surface area contributed by atoms with Gasteiger partial charge in [-0.1, -0.05) is 39.0 Å². The van der Waals surface area contributed by atoms with Gasteiger partial charge in [-0.3, -0.25) is 23.9 Å². The van der Waals surface area contributed by atoms with Crippen LogP contribution >= 0.6 is 11.8 Å². The van der Waals surface area contributed by atoms with E-state index in [0.29, 0.717) is 38.5 Å². The number of aromatic amines is 1. The minimum atomic E-state index is -0.662. The number of anilines is 2. The maximum absolute atomic E-state index is 13.0. The van der Waals surface area contributed by atoms with Gasteiger partial charge in [-0.2, -0.15) is 0 Å². The summed E-state index contributed by atoms with van der Waals surface area (Å²) in [5, 5.41) is -0.0305. The second-order valence-corrected chi connectivity index (χ2v) is 8.62. The van der Waals surface area contributed by atoms with E-state index in [4.69, 9.17) is 5.73 Å². The number of unbranched alkanes of at least 4 members (excludes halogenated alkanes) is 1. The van der Waals surface area contributed by atoms with E-state index in [1.807, 2.05) is 20.8 Å². The molecule has 10 heteroatoms. The summed E-state index contributed by atoms with van der Waals surface area (Å²) in [5.41, 5.74) is 4.98.